The van der Waals surface area contributed by atoms with Gasteiger partial charge in [0.15, 0.2) is 0 Å². The summed E-state index contributed by atoms with van der Waals surface area (Å²) in [6.45, 7) is 5.72. The van der Waals surface area contributed by atoms with Crippen molar-refractivity contribution in [1.29, 1.82) is 0 Å². The lowest BCUT2D eigenvalue weighted by molar-refractivity contribution is 0.0340. The van der Waals surface area contributed by atoms with Crippen molar-refractivity contribution in [2.45, 2.75) is 33.4 Å². The smallest absolute Gasteiger partial charge is 0.374 e. The zero-order valence-electron chi connectivity index (χ0n) is 8.66. The Morgan fingerprint density at radius 2 is 2.29 bits per heavy atom. The lowest BCUT2D eigenvalue weighted by Crippen LogP contribution is -2.10. The molecule has 1 rings (SSSR count). The van der Waals surface area contributed by atoms with Crippen molar-refractivity contribution in [3.63, 3.8) is 0 Å². The Labute approximate surface area is 83.0 Å². The molecule has 1 aromatic heterocycles. The van der Waals surface area contributed by atoms with Crippen molar-refractivity contribution in [3.05, 3.63) is 23.2 Å². The molecule has 0 aromatic carbocycles. The molecule has 0 aliphatic rings. The molecular formula is C10H15NO3. The second kappa shape index (κ2) is 4.28. The van der Waals surface area contributed by atoms with E-state index in [0.29, 0.717) is 12.3 Å². The lowest BCUT2D eigenvalue weighted by Gasteiger charge is -2.04. The molecular weight excluding hydrogens is 182 g/mol. The molecule has 4 nitrogen and oxygen atoms in total. The number of carbonyl (C=O) groups excluding carboxylic acids is 1. The first-order chi connectivity index (χ1) is 6.54. The third-order valence-corrected chi connectivity index (χ3v) is 1.78. The Balaban J connectivity index is 2.80. The Morgan fingerprint density at radius 1 is 1.64 bits per heavy atom. The number of ether oxygens (including phenoxy) is 1. The van der Waals surface area contributed by atoms with Gasteiger partial charge in [-0.25, -0.2) is 4.79 Å². The minimum absolute atomic E-state index is 0.144. The normalized spacial score (nSPS) is 10.6. The van der Waals surface area contributed by atoms with Gasteiger partial charge in [0.2, 0.25) is 5.76 Å². The van der Waals surface area contributed by atoms with Crippen molar-refractivity contribution in [2.75, 3.05) is 0 Å². The number of hydrogen-bond donors (Lipinski definition) is 1. The molecule has 0 amide bonds. The molecule has 2 N–H and O–H groups in total. The van der Waals surface area contributed by atoms with E-state index >= 15 is 0 Å². The first kappa shape index (κ1) is 10.8. The van der Waals surface area contributed by atoms with Crippen LogP contribution in [0.2, 0.25) is 0 Å². The first-order valence-electron chi connectivity index (χ1n) is 4.55. The summed E-state index contributed by atoms with van der Waals surface area (Å²) in [5.74, 6) is 0.447. The highest BCUT2D eigenvalue weighted by atomic mass is 16.6. The Kier molecular flexibility index (Phi) is 3.30. The van der Waals surface area contributed by atoms with Crippen LogP contribution in [0.1, 0.15) is 35.7 Å². The average molecular weight is 197 g/mol. The zero-order chi connectivity index (χ0) is 10.7. The minimum Gasteiger partial charge on any atom is -0.457 e. The summed E-state index contributed by atoms with van der Waals surface area (Å²) < 4.78 is 10.2. The van der Waals surface area contributed by atoms with E-state index in [9.17, 15) is 4.79 Å². The van der Waals surface area contributed by atoms with Crippen LogP contribution in [0.4, 0.5) is 0 Å². The van der Waals surface area contributed by atoms with Gasteiger partial charge in [0.1, 0.15) is 5.76 Å². The Hall–Kier alpha value is -1.29. The van der Waals surface area contributed by atoms with E-state index in [4.69, 9.17) is 14.9 Å². The number of furan rings is 1. The maximum absolute atomic E-state index is 11.4. The number of hydrogen-bond acceptors (Lipinski definition) is 4. The van der Waals surface area contributed by atoms with Gasteiger partial charge in [0.25, 0.3) is 0 Å². The highest BCUT2D eigenvalue weighted by molar-refractivity contribution is 5.86. The molecule has 0 saturated heterocycles. The monoisotopic (exact) mass is 197 g/mol. The van der Waals surface area contributed by atoms with E-state index in [0.717, 1.165) is 5.56 Å². The molecule has 14 heavy (non-hydrogen) atoms. The molecule has 0 unspecified atom stereocenters. The largest absolute Gasteiger partial charge is 0.457 e. The summed E-state index contributed by atoms with van der Waals surface area (Å²) in [6, 6.07) is 1.63. The highest BCUT2D eigenvalue weighted by Crippen LogP contribution is 2.15. The number of rotatable bonds is 3. The predicted octanol–water partition coefficient (Wildman–Crippen LogP) is 1.61. The van der Waals surface area contributed by atoms with Crippen molar-refractivity contribution in [3.8, 4) is 0 Å². The van der Waals surface area contributed by atoms with Gasteiger partial charge in [-0.3, -0.25) is 0 Å². The summed E-state index contributed by atoms with van der Waals surface area (Å²) in [5.41, 5.74) is 6.29. The molecule has 78 valence electrons. The fourth-order valence-electron chi connectivity index (χ4n) is 1.10. The molecule has 0 atom stereocenters. The summed E-state index contributed by atoms with van der Waals surface area (Å²) in [4.78, 5) is 11.4. The van der Waals surface area contributed by atoms with Crippen LogP contribution in [0, 0.1) is 6.92 Å². The fraction of sp³-hybridized carbons (Fsp3) is 0.500. The van der Waals surface area contributed by atoms with Crippen molar-refractivity contribution < 1.29 is 13.9 Å². The lowest BCUT2D eigenvalue weighted by atomic mass is 10.2. The fourth-order valence-corrected chi connectivity index (χ4v) is 1.10. The third-order valence-electron chi connectivity index (χ3n) is 1.78. The summed E-state index contributed by atoms with van der Waals surface area (Å²) in [7, 11) is 0. The first-order valence-corrected chi connectivity index (χ1v) is 4.55. The molecule has 0 radical (unpaired) electrons. The predicted molar refractivity (Wildman–Crippen MR) is 51.9 cm³/mol. The van der Waals surface area contributed by atoms with Gasteiger partial charge in [-0.05, 0) is 26.8 Å². The standard InChI is InChI=1S/C10H15NO3/c1-6(2)13-10(12)9-4-8(5-11)7(3)14-9/h4,6H,5,11H2,1-3H3. The summed E-state index contributed by atoms with van der Waals surface area (Å²) in [6.07, 6.45) is -0.144. The van der Waals surface area contributed by atoms with Crippen LogP contribution >= 0.6 is 0 Å². The number of carbonyl (C=O) groups is 1. The summed E-state index contributed by atoms with van der Waals surface area (Å²) in [5, 5.41) is 0. The highest BCUT2D eigenvalue weighted by Gasteiger charge is 2.15. The van der Waals surface area contributed by atoms with Crippen LogP contribution in [0.5, 0.6) is 0 Å². The number of nitrogens with two attached hydrogens (primary N) is 1. The van der Waals surface area contributed by atoms with E-state index in [2.05, 4.69) is 0 Å². The van der Waals surface area contributed by atoms with E-state index in [1.54, 1.807) is 26.8 Å². The van der Waals surface area contributed by atoms with Gasteiger partial charge in [-0.2, -0.15) is 0 Å². The second-order valence-corrected chi connectivity index (χ2v) is 3.35. The molecule has 0 fully saturated rings. The Bertz CT molecular complexity index is 328. The SMILES string of the molecule is Cc1oc(C(=O)OC(C)C)cc1CN. The molecule has 0 bridgehead atoms. The second-order valence-electron chi connectivity index (χ2n) is 3.35. The van der Waals surface area contributed by atoms with E-state index in [1.165, 1.54) is 0 Å². The van der Waals surface area contributed by atoms with Crippen molar-refractivity contribution in [2.24, 2.45) is 5.73 Å². The van der Waals surface area contributed by atoms with Gasteiger partial charge >= 0.3 is 5.97 Å². The van der Waals surface area contributed by atoms with Crippen LogP contribution < -0.4 is 5.73 Å². The van der Waals surface area contributed by atoms with Gasteiger partial charge in [-0.1, -0.05) is 0 Å². The molecule has 0 aliphatic heterocycles. The van der Waals surface area contributed by atoms with Gasteiger partial charge in [-0.15, -0.1) is 0 Å². The molecule has 1 aromatic rings. The van der Waals surface area contributed by atoms with Crippen molar-refractivity contribution >= 4 is 5.97 Å². The van der Waals surface area contributed by atoms with Crippen molar-refractivity contribution in [1.82, 2.24) is 0 Å². The van der Waals surface area contributed by atoms with E-state index < -0.39 is 5.97 Å². The third kappa shape index (κ3) is 2.35. The average Bonchev–Trinajstić information content (AvgIpc) is 2.45. The van der Waals surface area contributed by atoms with Crippen LogP contribution in [-0.2, 0) is 11.3 Å². The van der Waals surface area contributed by atoms with Gasteiger partial charge in [0, 0.05) is 12.1 Å². The quantitative estimate of drug-likeness (QED) is 0.747. The molecule has 4 heteroatoms. The topological polar surface area (TPSA) is 65.5 Å². The van der Waals surface area contributed by atoms with Crippen LogP contribution in [0.25, 0.3) is 0 Å². The molecule has 0 aliphatic carbocycles. The Morgan fingerprint density at radius 3 is 2.71 bits per heavy atom. The molecule has 1 heterocycles. The van der Waals surface area contributed by atoms with Crippen LogP contribution in [0.15, 0.2) is 10.5 Å². The van der Waals surface area contributed by atoms with Gasteiger partial charge in [0.05, 0.1) is 6.10 Å². The molecule has 0 saturated carbocycles. The van der Waals surface area contributed by atoms with Gasteiger partial charge < -0.3 is 14.9 Å². The maximum atomic E-state index is 11.4. The number of esters is 1. The maximum Gasteiger partial charge on any atom is 0.374 e. The minimum atomic E-state index is -0.442. The van der Waals surface area contributed by atoms with Crippen LogP contribution in [0.3, 0.4) is 0 Å². The zero-order valence-corrected chi connectivity index (χ0v) is 8.66. The van der Waals surface area contributed by atoms with E-state index in [-0.39, 0.29) is 11.9 Å². The molecule has 0 spiro atoms. The van der Waals surface area contributed by atoms with E-state index in [1.807, 2.05) is 0 Å². The summed E-state index contributed by atoms with van der Waals surface area (Å²) >= 11 is 0. The number of aryl methyl sites for hydroxylation is 1. The van der Waals surface area contributed by atoms with Crippen LogP contribution in [-0.4, -0.2) is 12.1 Å².